The van der Waals surface area contributed by atoms with Crippen LogP contribution in [0.25, 0.3) is 0 Å². The Bertz CT molecular complexity index is 215. The Morgan fingerprint density at radius 1 is 1.40 bits per heavy atom. The molecule has 0 atom stereocenters. The molecule has 78 valence electrons. The van der Waals surface area contributed by atoms with E-state index in [-0.39, 0.29) is 67.3 Å². The van der Waals surface area contributed by atoms with Crippen LogP contribution in [0.5, 0.6) is 0 Å². The molecule has 7 heteroatoms. The first-order chi connectivity index (χ1) is 5.98. The van der Waals surface area contributed by atoms with Gasteiger partial charge in [-0.3, -0.25) is 16.9 Å². The van der Waals surface area contributed by atoms with Crippen molar-refractivity contribution >= 4 is 7.60 Å². The summed E-state index contributed by atoms with van der Waals surface area (Å²) in [5, 5.41) is 10.9. The molecular weight excluding hydrogens is 221 g/mol. The molecule has 0 aliphatic heterocycles. The smallest absolute Gasteiger partial charge is 0.899 e. The summed E-state index contributed by atoms with van der Waals surface area (Å²) >= 11 is 0. The second kappa shape index (κ2) is 10.3. The van der Waals surface area contributed by atoms with Crippen LogP contribution in [0.15, 0.2) is 12.3 Å². The maximum atomic E-state index is 11.8. The quantitative estimate of drug-likeness (QED) is 0.202. The van der Waals surface area contributed by atoms with Gasteiger partial charge in [-0.05, 0) is 13.8 Å². The zero-order valence-electron chi connectivity index (χ0n) is 10.2. The molecule has 0 amide bonds. The van der Waals surface area contributed by atoms with Gasteiger partial charge in [-0.1, -0.05) is 0 Å². The van der Waals surface area contributed by atoms with Gasteiger partial charge in [-0.2, -0.15) is 0 Å². The first-order valence-corrected chi connectivity index (χ1v) is 5.61. The van der Waals surface area contributed by atoms with E-state index in [1.807, 2.05) is 0 Å². The van der Waals surface area contributed by atoms with Crippen LogP contribution in [0.3, 0.4) is 0 Å². The van der Waals surface area contributed by atoms with Crippen LogP contribution >= 0.6 is 7.60 Å². The van der Waals surface area contributed by atoms with Crippen molar-refractivity contribution in [3.63, 3.8) is 0 Å². The third-order valence-electron chi connectivity index (χ3n) is 1.41. The van der Waals surface area contributed by atoms with Crippen molar-refractivity contribution in [1.82, 2.24) is 0 Å². The van der Waals surface area contributed by atoms with Gasteiger partial charge >= 0.3 is 48.4 Å². The van der Waals surface area contributed by atoms with Gasteiger partial charge in [0.05, 0.1) is 13.2 Å². The summed E-state index contributed by atoms with van der Waals surface area (Å²) < 4.78 is 21.7. The summed E-state index contributed by atoms with van der Waals surface area (Å²) in [4.78, 5) is 0. The van der Waals surface area contributed by atoms with E-state index in [4.69, 9.17) is 9.05 Å². The van der Waals surface area contributed by atoms with E-state index >= 15 is 0 Å². The van der Waals surface area contributed by atoms with Crippen molar-refractivity contribution in [3.8, 4) is 0 Å². The maximum absolute atomic E-state index is 11.8. The molecule has 0 spiro atoms. The second-order valence-corrected chi connectivity index (χ2v) is 4.52. The van der Waals surface area contributed by atoms with Crippen LogP contribution in [0.4, 0.5) is 0 Å². The fourth-order valence-electron chi connectivity index (χ4n) is 0.724. The van der Waals surface area contributed by atoms with E-state index < -0.39 is 13.4 Å². The fraction of sp³-hybridized carbons (Fsp3) is 0.625. The van der Waals surface area contributed by atoms with Gasteiger partial charge in [0, 0.05) is 0 Å². The molecule has 0 unspecified atom stereocenters. The predicted octanol–water partition coefficient (Wildman–Crippen LogP) is -4.31. The fourth-order valence-corrected chi connectivity index (χ4v) is 2.17. The van der Waals surface area contributed by atoms with Gasteiger partial charge in [-0.25, -0.2) is 0 Å². The molecule has 0 saturated heterocycles. The van der Waals surface area contributed by atoms with Crippen LogP contribution in [-0.4, -0.2) is 13.2 Å². The van der Waals surface area contributed by atoms with E-state index in [1.165, 1.54) is 6.92 Å². The van der Waals surface area contributed by atoms with Gasteiger partial charge < -0.3 is 14.2 Å². The molecule has 0 aromatic rings. The Morgan fingerprint density at radius 3 is 1.93 bits per heavy atom. The third-order valence-corrected chi connectivity index (χ3v) is 3.68. The summed E-state index contributed by atoms with van der Waals surface area (Å²) in [7, 11) is -3.36. The Balaban J connectivity index is -0.000000720. The maximum Gasteiger partial charge on any atom is 1.00 e. The molecule has 0 aliphatic carbocycles. The first kappa shape index (κ1) is 21.4. The second-order valence-electron chi connectivity index (χ2n) is 2.34. The predicted molar refractivity (Wildman–Crippen MR) is 48.9 cm³/mol. The zero-order chi connectivity index (χ0) is 10.5. The SMILES string of the molecule is C=C([O-])[C-](C)P(=O)(OCC)OCC.[Li+].[Na+]. The first-order valence-electron chi connectivity index (χ1n) is 4.07. The van der Waals surface area contributed by atoms with Crippen LogP contribution in [0, 0.1) is 5.66 Å². The summed E-state index contributed by atoms with van der Waals surface area (Å²) in [6, 6.07) is 0. The molecule has 0 saturated carbocycles. The van der Waals surface area contributed by atoms with Crippen molar-refractivity contribution in [3.05, 3.63) is 18.0 Å². The Kier molecular flexibility index (Phi) is 14.8. The normalized spacial score (nSPS) is 9.80. The Labute approximate surface area is 126 Å². The molecular formula is C8H15LiNaO4P. The van der Waals surface area contributed by atoms with E-state index in [1.54, 1.807) is 13.8 Å². The summed E-state index contributed by atoms with van der Waals surface area (Å²) in [6.07, 6.45) is 0. The van der Waals surface area contributed by atoms with Crippen molar-refractivity contribution in [2.45, 2.75) is 20.8 Å². The number of hydrogen-bond donors (Lipinski definition) is 0. The van der Waals surface area contributed by atoms with Crippen molar-refractivity contribution in [2.75, 3.05) is 13.2 Å². The largest absolute Gasteiger partial charge is 1.00 e. The van der Waals surface area contributed by atoms with Crippen LogP contribution in [-0.2, 0) is 13.6 Å². The van der Waals surface area contributed by atoms with E-state index in [0.717, 1.165) is 0 Å². The van der Waals surface area contributed by atoms with Gasteiger partial charge in [0.1, 0.15) is 0 Å². The Hall–Kier alpha value is 1.16. The number of hydrogen-bond acceptors (Lipinski definition) is 4. The van der Waals surface area contributed by atoms with Crippen molar-refractivity contribution in [1.29, 1.82) is 0 Å². The summed E-state index contributed by atoms with van der Waals surface area (Å²) in [5.41, 5.74) is 0.0520. The molecule has 0 fully saturated rings. The van der Waals surface area contributed by atoms with Crippen LogP contribution in [0.1, 0.15) is 20.8 Å². The van der Waals surface area contributed by atoms with E-state index in [0.29, 0.717) is 0 Å². The molecule has 0 radical (unpaired) electrons. The minimum atomic E-state index is -3.36. The van der Waals surface area contributed by atoms with Gasteiger partial charge in [0.15, 0.2) is 0 Å². The molecule has 0 aromatic heterocycles. The Morgan fingerprint density at radius 2 is 1.73 bits per heavy atom. The molecule has 0 aliphatic rings. The van der Waals surface area contributed by atoms with E-state index in [9.17, 15) is 9.67 Å². The molecule has 0 N–H and O–H groups in total. The third kappa shape index (κ3) is 7.15. The van der Waals surface area contributed by atoms with Crippen molar-refractivity contribution < 1.29 is 67.1 Å². The van der Waals surface area contributed by atoms with Gasteiger partial charge in [0.2, 0.25) is 0 Å². The molecule has 15 heavy (non-hydrogen) atoms. The topological polar surface area (TPSA) is 58.6 Å². The van der Waals surface area contributed by atoms with Crippen LogP contribution < -0.4 is 53.5 Å². The molecule has 0 aromatic carbocycles. The molecule has 0 rings (SSSR count). The minimum Gasteiger partial charge on any atom is -0.899 e. The standard InChI is InChI=1S/C8H16O4P.Li.Na/c1-5-11-13(10,12-6-2)8(4)7(3)9;;/h9H,3,5-6H2,1-2,4H3;;/q-1;2*+1/p-1. The monoisotopic (exact) mass is 236 g/mol. The number of allylic oxidation sites excluding steroid dienone is 1. The average molecular weight is 236 g/mol. The molecule has 4 nitrogen and oxygen atoms in total. The van der Waals surface area contributed by atoms with Gasteiger partial charge in [-0.15, -0.1) is 12.6 Å². The van der Waals surface area contributed by atoms with Crippen molar-refractivity contribution in [2.24, 2.45) is 0 Å². The zero-order valence-corrected chi connectivity index (χ0v) is 13.1. The minimum absolute atomic E-state index is 0. The van der Waals surface area contributed by atoms with E-state index in [2.05, 4.69) is 6.58 Å². The molecule has 0 bridgehead atoms. The van der Waals surface area contributed by atoms with Gasteiger partial charge in [0.25, 0.3) is 7.60 Å². The number of rotatable bonds is 6. The molecule has 0 heterocycles. The summed E-state index contributed by atoms with van der Waals surface area (Å²) in [6.45, 7) is 8.43. The average Bonchev–Trinajstić information content (AvgIpc) is 2.03. The van der Waals surface area contributed by atoms with Crippen LogP contribution in [0.2, 0.25) is 0 Å². The summed E-state index contributed by atoms with van der Waals surface area (Å²) in [5.74, 6) is -0.509.